The molecule has 0 radical (unpaired) electrons. The highest BCUT2D eigenvalue weighted by molar-refractivity contribution is 7.90. The Hall–Kier alpha value is -3.50. The van der Waals surface area contributed by atoms with Gasteiger partial charge in [-0.15, -0.1) is 0 Å². The summed E-state index contributed by atoms with van der Waals surface area (Å²) in [5.41, 5.74) is 2.02. The molecule has 0 amide bonds. The topological polar surface area (TPSA) is 99.4 Å². The molecule has 37 heavy (non-hydrogen) atoms. The van der Waals surface area contributed by atoms with Crippen LogP contribution in [0.15, 0.2) is 66.1 Å². The van der Waals surface area contributed by atoms with E-state index in [0.717, 1.165) is 53.5 Å². The van der Waals surface area contributed by atoms with E-state index in [1.807, 2.05) is 47.4 Å². The van der Waals surface area contributed by atoms with E-state index in [1.54, 1.807) is 18.3 Å². The number of benzene rings is 1. The Morgan fingerprint density at radius 1 is 1.00 bits per heavy atom. The zero-order valence-electron chi connectivity index (χ0n) is 20.8. The quantitative estimate of drug-likeness (QED) is 0.383. The van der Waals surface area contributed by atoms with Gasteiger partial charge in [0.2, 0.25) is 5.95 Å². The van der Waals surface area contributed by atoms with Crippen LogP contribution >= 0.6 is 0 Å². The van der Waals surface area contributed by atoms with E-state index in [0.29, 0.717) is 18.1 Å². The molecule has 0 N–H and O–H groups in total. The summed E-state index contributed by atoms with van der Waals surface area (Å²) in [5, 5.41) is 0.845. The smallest absolute Gasteiger partial charge is 0.225 e. The monoisotopic (exact) mass is 519 g/mol. The molecule has 2 aliphatic rings. The number of anilines is 1. The number of piperidine rings is 1. The fraction of sp³-hybridized carbons (Fsp3) is 0.370. The number of rotatable bonds is 6. The Labute approximate surface area is 216 Å². The van der Waals surface area contributed by atoms with Gasteiger partial charge in [0, 0.05) is 55.2 Å². The van der Waals surface area contributed by atoms with E-state index in [4.69, 9.17) is 9.47 Å². The van der Waals surface area contributed by atoms with Gasteiger partial charge in [-0.05, 0) is 48.4 Å². The number of nitrogens with zero attached hydrogens (tertiary/aromatic N) is 5. The molecule has 0 aliphatic carbocycles. The molecule has 3 aromatic heterocycles. The molecule has 2 saturated heterocycles. The second-order valence-electron chi connectivity index (χ2n) is 9.82. The number of ether oxygens (including phenoxy) is 2. The summed E-state index contributed by atoms with van der Waals surface area (Å²) in [5.74, 6) is 2.64. The van der Waals surface area contributed by atoms with Gasteiger partial charge >= 0.3 is 0 Å². The van der Waals surface area contributed by atoms with Crippen LogP contribution < -0.4 is 9.64 Å². The second kappa shape index (κ2) is 9.42. The first-order valence-electron chi connectivity index (χ1n) is 12.5. The summed E-state index contributed by atoms with van der Waals surface area (Å²) < 4.78 is 38.1. The predicted octanol–water partition coefficient (Wildman–Crippen LogP) is 3.31. The molecular formula is C27H29N5O4S. The van der Waals surface area contributed by atoms with Gasteiger partial charge in [-0.1, -0.05) is 6.92 Å². The van der Waals surface area contributed by atoms with Crippen LogP contribution in [0.25, 0.3) is 16.7 Å². The molecule has 0 saturated carbocycles. The number of aromatic nitrogens is 4. The van der Waals surface area contributed by atoms with Gasteiger partial charge in [0.1, 0.15) is 17.7 Å². The van der Waals surface area contributed by atoms with Crippen LogP contribution in [-0.4, -0.2) is 66.6 Å². The molecule has 10 heteroatoms. The summed E-state index contributed by atoms with van der Waals surface area (Å²) >= 11 is 0. The van der Waals surface area contributed by atoms with E-state index < -0.39 is 9.84 Å². The average Bonchev–Trinajstić information content (AvgIpc) is 3.32. The standard InChI is InChI=1S/C27H29N5O4S/c1-3-18-11-29-27(30-12-18)31-14-20-16-35-17-21(15-31)26(20)36-22-4-7-25(28-13-22)32-9-8-19-10-23(37(2,33)34)5-6-24(19)32/h4-13,20-21,26H,3,14-17H2,1-2H3. The Balaban J connectivity index is 1.18. The lowest BCUT2D eigenvalue weighted by atomic mass is 9.84. The van der Waals surface area contributed by atoms with E-state index in [-0.39, 0.29) is 17.9 Å². The Bertz CT molecular complexity index is 1500. The van der Waals surface area contributed by atoms with Gasteiger partial charge in [0.05, 0.1) is 29.8 Å². The molecular weight excluding hydrogens is 490 g/mol. The Morgan fingerprint density at radius 3 is 2.41 bits per heavy atom. The number of sulfone groups is 1. The van der Waals surface area contributed by atoms with Crippen LogP contribution in [0.4, 0.5) is 5.95 Å². The fourth-order valence-corrected chi connectivity index (χ4v) is 5.90. The number of fused-ring (bicyclic) bond motifs is 3. The average molecular weight is 520 g/mol. The summed E-state index contributed by atoms with van der Waals surface area (Å²) in [4.78, 5) is 16.3. The number of hydrogen-bond donors (Lipinski definition) is 0. The predicted molar refractivity (Wildman–Crippen MR) is 140 cm³/mol. The van der Waals surface area contributed by atoms with Crippen molar-refractivity contribution in [3.8, 4) is 11.6 Å². The Kier molecular flexibility index (Phi) is 6.08. The number of pyridine rings is 1. The number of hydrogen-bond acceptors (Lipinski definition) is 8. The third kappa shape index (κ3) is 4.67. The maximum absolute atomic E-state index is 11.9. The largest absolute Gasteiger partial charge is 0.488 e. The zero-order valence-corrected chi connectivity index (χ0v) is 21.6. The lowest BCUT2D eigenvalue weighted by Gasteiger charge is -2.46. The Morgan fingerprint density at radius 2 is 1.76 bits per heavy atom. The SMILES string of the molecule is CCc1cnc(N2CC3COCC(C2)C3Oc2ccc(-n3ccc4cc(S(C)(=O)=O)ccc43)nc2)nc1. The molecule has 1 aromatic carbocycles. The van der Waals surface area contributed by atoms with Gasteiger partial charge in [-0.2, -0.15) is 0 Å². The first kappa shape index (κ1) is 23.9. The first-order chi connectivity index (χ1) is 17.9. The molecule has 6 rings (SSSR count). The molecule has 2 fully saturated rings. The van der Waals surface area contributed by atoms with Crippen molar-refractivity contribution in [2.45, 2.75) is 24.3 Å². The summed E-state index contributed by atoms with van der Waals surface area (Å²) in [6.07, 6.45) is 9.63. The van der Waals surface area contributed by atoms with Gasteiger partial charge in [0.15, 0.2) is 9.84 Å². The minimum absolute atomic E-state index is 0.0365. The van der Waals surface area contributed by atoms with Crippen molar-refractivity contribution in [1.29, 1.82) is 0 Å². The zero-order chi connectivity index (χ0) is 25.6. The van der Waals surface area contributed by atoms with Gasteiger partial charge in [-0.25, -0.2) is 23.4 Å². The molecule has 2 aliphatic heterocycles. The van der Waals surface area contributed by atoms with E-state index in [1.165, 1.54) is 6.26 Å². The summed E-state index contributed by atoms with van der Waals surface area (Å²) in [6, 6.07) is 10.9. The van der Waals surface area contributed by atoms with E-state index in [2.05, 4.69) is 26.8 Å². The minimum Gasteiger partial charge on any atom is -0.488 e. The summed E-state index contributed by atoms with van der Waals surface area (Å²) in [6.45, 7) is 4.94. The highest BCUT2D eigenvalue weighted by atomic mass is 32.2. The number of aryl methyl sites for hydroxylation is 1. The molecule has 2 atom stereocenters. The van der Waals surface area contributed by atoms with Gasteiger partial charge in [0.25, 0.3) is 0 Å². The minimum atomic E-state index is -3.26. The third-order valence-corrected chi connectivity index (χ3v) is 8.33. The molecule has 9 nitrogen and oxygen atoms in total. The fourth-order valence-electron chi connectivity index (χ4n) is 5.24. The van der Waals surface area contributed by atoms with Crippen molar-refractivity contribution in [3.63, 3.8) is 0 Å². The van der Waals surface area contributed by atoms with E-state index >= 15 is 0 Å². The molecule has 5 heterocycles. The van der Waals surface area contributed by atoms with Crippen LogP contribution in [0.2, 0.25) is 0 Å². The van der Waals surface area contributed by atoms with Crippen molar-refractivity contribution >= 4 is 26.7 Å². The van der Waals surface area contributed by atoms with E-state index in [9.17, 15) is 8.42 Å². The van der Waals surface area contributed by atoms with Crippen molar-refractivity contribution in [3.05, 3.63) is 66.7 Å². The van der Waals surface area contributed by atoms with Crippen LogP contribution in [0.1, 0.15) is 12.5 Å². The molecule has 2 unspecified atom stereocenters. The van der Waals surface area contributed by atoms with Crippen LogP contribution in [0, 0.1) is 11.8 Å². The normalized spacial score (nSPS) is 21.8. The summed E-state index contributed by atoms with van der Waals surface area (Å²) in [7, 11) is -3.26. The highest BCUT2D eigenvalue weighted by Gasteiger charge is 2.42. The van der Waals surface area contributed by atoms with Gasteiger partial charge in [-0.3, -0.25) is 0 Å². The van der Waals surface area contributed by atoms with Crippen LogP contribution in [0.5, 0.6) is 5.75 Å². The lowest BCUT2D eigenvalue weighted by molar-refractivity contribution is -0.0756. The lowest BCUT2D eigenvalue weighted by Crippen LogP contribution is -2.57. The maximum atomic E-state index is 11.9. The molecule has 4 aromatic rings. The van der Waals surface area contributed by atoms with Crippen molar-refractivity contribution in [2.24, 2.45) is 11.8 Å². The van der Waals surface area contributed by atoms with Gasteiger partial charge < -0.3 is 18.9 Å². The second-order valence-corrected chi connectivity index (χ2v) is 11.8. The maximum Gasteiger partial charge on any atom is 0.225 e. The van der Waals surface area contributed by atoms with Crippen LogP contribution in [-0.2, 0) is 21.0 Å². The highest BCUT2D eigenvalue weighted by Crippen LogP contribution is 2.33. The van der Waals surface area contributed by atoms with Crippen molar-refractivity contribution in [1.82, 2.24) is 19.5 Å². The van der Waals surface area contributed by atoms with Crippen molar-refractivity contribution in [2.75, 3.05) is 37.5 Å². The van der Waals surface area contributed by atoms with Crippen LogP contribution in [0.3, 0.4) is 0 Å². The third-order valence-electron chi connectivity index (χ3n) is 7.22. The molecule has 192 valence electrons. The first-order valence-corrected chi connectivity index (χ1v) is 14.4. The molecule has 0 spiro atoms. The van der Waals surface area contributed by atoms with Crippen molar-refractivity contribution < 1.29 is 17.9 Å². The molecule has 2 bridgehead atoms.